The molecule has 2 aliphatic carbocycles. The molecule has 2 saturated carbocycles. The highest BCUT2D eigenvalue weighted by Gasteiger charge is 2.31. The fourth-order valence-corrected chi connectivity index (χ4v) is 5.00. The maximum Gasteiger partial charge on any atom is 0.387 e. The van der Waals surface area contributed by atoms with Crippen LogP contribution in [0.25, 0.3) is 0 Å². The Hall–Kier alpha value is -1.16. The quantitative estimate of drug-likeness (QED) is 0.517. The molecule has 5 heteroatoms. The summed E-state index contributed by atoms with van der Waals surface area (Å²) in [7, 11) is 0. The smallest absolute Gasteiger partial charge is 0.387 e. The van der Waals surface area contributed by atoms with Crippen molar-refractivity contribution >= 4 is 11.6 Å². The van der Waals surface area contributed by atoms with E-state index in [2.05, 4.69) is 10.8 Å². The van der Waals surface area contributed by atoms with Crippen molar-refractivity contribution in [3.63, 3.8) is 0 Å². The van der Waals surface area contributed by atoms with Crippen molar-refractivity contribution in [1.82, 2.24) is 0 Å². The number of halogens is 4. The van der Waals surface area contributed by atoms with E-state index in [-0.39, 0.29) is 5.75 Å². The van der Waals surface area contributed by atoms with Crippen molar-refractivity contribution in [2.24, 2.45) is 17.8 Å². The van der Waals surface area contributed by atoms with Crippen LogP contribution >= 0.6 is 11.6 Å². The van der Waals surface area contributed by atoms with Gasteiger partial charge in [0.1, 0.15) is 0 Å². The van der Waals surface area contributed by atoms with E-state index in [4.69, 9.17) is 11.6 Å². The number of alkyl halides is 2. The normalized spacial score (nSPS) is 30.0. The van der Waals surface area contributed by atoms with E-state index >= 15 is 0 Å². The van der Waals surface area contributed by atoms with E-state index < -0.39 is 12.4 Å². The second-order valence-electron chi connectivity index (χ2n) is 7.67. The van der Waals surface area contributed by atoms with E-state index in [9.17, 15) is 13.2 Å². The van der Waals surface area contributed by atoms with Gasteiger partial charge in [0.15, 0.2) is 11.6 Å². The van der Waals surface area contributed by atoms with Gasteiger partial charge in [-0.1, -0.05) is 23.7 Å². The Morgan fingerprint density at radius 3 is 2.12 bits per heavy atom. The second kappa shape index (κ2) is 9.16. The van der Waals surface area contributed by atoms with Crippen molar-refractivity contribution in [2.75, 3.05) is 0 Å². The van der Waals surface area contributed by atoms with E-state index in [1.54, 1.807) is 11.6 Å². The van der Waals surface area contributed by atoms with Crippen molar-refractivity contribution in [1.29, 1.82) is 0 Å². The first kappa shape index (κ1) is 19.6. The summed E-state index contributed by atoms with van der Waals surface area (Å²) in [6, 6.07) is 4.43. The summed E-state index contributed by atoms with van der Waals surface area (Å²) < 4.78 is 42.6. The van der Waals surface area contributed by atoms with Crippen LogP contribution in [-0.2, 0) is 0 Å². The van der Waals surface area contributed by atoms with Crippen molar-refractivity contribution in [3.05, 3.63) is 41.2 Å². The number of rotatable bonds is 5. The number of ether oxygens (including phenoxy) is 1. The molecule has 2 fully saturated rings. The highest BCUT2D eigenvalue weighted by Crippen LogP contribution is 2.44. The Balaban J connectivity index is 1.52. The highest BCUT2D eigenvalue weighted by molar-refractivity contribution is 6.25. The zero-order valence-electron chi connectivity index (χ0n) is 14.9. The van der Waals surface area contributed by atoms with Crippen molar-refractivity contribution in [3.8, 4) is 5.75 Å². The lowest BCUT2D eigenvalue weighted by Gasteiger charge is -2.37. The second-order valence-corrected chi connectivity index (χ2v) is 7.93. The molecule has 0 spiro atoms. The number of allylic oxidation sites excluding steroid dienone is 1. The molecule has 3 rings (SSSR count). The van der Waals surface area contributed by atoms with Crippen LogP contribution in [0.2, 0.25) is 0 Å². The van der Waals surface area contributed by atoms with E-state index in [0.29, 0.717) is 11.8 Å². The summed E-state index contributed by atoms with van der Waals surface area (Å²) in [4.78, 5) is 0. The molecule has 2 aliphatic rings. The molecule has 0 unspecified atom stereocenters. The van der Waals surface area contributed by atoms with Gasteiger partial charge in [0.05, 0.1) is 0 Å². The van der Waals surface area contributed by atoms with Crippen LogP contribution in [0.1, 0.15) is 62.8 Å². The van der Waals surface area contributed by atoms with Gasteiger partial charge in [-0.3, -0.25) is 0 Å². The number of benzene rings is 1. The molecule has 0 heterocycles. The number of hydrogen-bond acceptors (Lipinski definition) is 1. The Bertz CT molecular complexity index is 603. The van der Waals surface area contributed by atoms with Crippen molar-refractivity contribution in [2.45, 2.75) is 63.9 Å². The molecule has 144 valence electrons. The molecule has 1 aromatic rings. The monoisotopic (exact) mass is 386 g/mol. The molecule has 0 radical (unpaired) electrons. The van der Waals surface area contributed by atoms with Gasteiger partial charge in [-0.05, 0) is 92.7 Å². The minimum Gasteiger partial charge on any atom is -0.432 e. The fourth-order valence-electron chi connectivity index (χ4n) is 4.80. The average molecular weight is 387 g/mol. The topological polar surface area (TPSA) is 9.23 Å². The Kier molecular flexibility index (Phi) is 6.91. The Labute approximate surface area is 158 Å². The van der Waals surface area contributed by atoms with Gasteiger partial charge in [-0.2, -0.15) is 8.78 Å². The van der Waals surface area contributed by atoms with E-state index in [1.807, 2.05) is 0 Å². The lowest BCUT2D eigenvalue weighted by Crippen LogP contribution is -2.25. The molecule has 0 N–H and O–H groups in total. The van der Waals surface area contributed by atoms with Crippen LogP contribution in [-0.4, -0.2) is 6.61 Å². The van der Waals surface area contributed by atoms with Crippen LogP contribution in [0.15, 0.2) is 29.8 Å². The molecule has 26 heavy (non-hydrogen) atoms. The van der Waals surface area contributed by atoms with Crippen LogP contribution < -0.4 is 4.74 Å². The molecule has 0 aromatic heterocycles. The Morgan fingerprint density at radius 2 is 1.58 bits per heavy atom. The van der Waals surface area contributed by atoms with E-state index in [0.717, 1.165) is 30.2 Å². The largest absolute Gasteiger partial charge is 0.432 e. The zero-order chi connectivity index (χ0) is 18.5. The third-order valence-corrected chi connectivity index (χ3v) is 6.39. The summed E-state index contributed by atoms with van der Waals surface area (Å²) in [5.41, 5.74) is 2.55. The van der Waals surface area contributed by atoms with Crippen LogP contribution in [0.5, 0.6) is 5.75 Å². The lowest BCUT2D eigenvalue weighted by atomic mass is 9.68. The summed E-state index contributed by atoms with van der Waals surface area (Å²) in [5, 5.41) is 0. The maximum absolute atomic E-state index is 14.0. The summed E-state index contributed by atoms with van der Waals surface area (Å²) in [5.74, 6) is 1.44. The maximum atomic E-state index is 14.0. The van der Waals surface area contributed by atoms with E-state index in [1.165, 1.54) is 50.7 Å². The molecule has 0 atom stereocenters. The predicted octanol–water partition coefficient (Wildman–Crippen LogP) is 7.26. The summed E-state index contributed by atoms with van der Waals surface area (Å²) >= 11 is 5.69. The average Bonchev–Trinajstić information content (AvgIpc) is 2.64. The zero-order valence-corrected chi connectivity index (χ0v) is 15.6. The highest BCUT2D eigenvalue weighted by atomic mass is 35.5. The Morgan fingerprint density at radius 1 is 0.962 bits per heavy atom. The molecule has 1 nitrogen and oxygen atoms in total. The third kappa shape index (κ3) is 4.97. The van der Waals surface area contributed by atoms with Crippen LogP contribution in [0.3, 0.4) is 0 Å². The standard InChI is InChI=1S/C21H26ClF3O/c22-12-11-14-1-3-15(4-2-14)16-5-7-17(8-6-16)18-9-10-20(19(23)13-18)26-21(24)25/h9-17,21H,1-8H2/b12-11+/t14-,15-,16?,17?. The molecule has 0 saturated heterocycles. The summed E-state index contributed by atoms with van der Waals surface area (Å²) in [6.45, 7) is -3.00. The fraction of sp³-hybridized carbons (Fsp3) is 0.619. The molecule has 0 aliphatic heterocycles. The van der Waals surface area contributed by atoms with Gasteiger partial charge in [0, 0.05) is 5.54 Å². The first-order chi connectivity index (χ1) is 12.6. The van der Waals surface area contributed by atoms with Crippen molar-refractivity contribution < 1.29 is 17.9 Å². The molecule has 1 aromatic carbocycles. The van der Waals surface area contributed by atoms with Gasteiger partial charge in [0.25, 0.3) is 0 Å². The molecule has 0 amide bonds. The molecule has 0 bridgehead atoms. The first-order valence-electron chi connectivity index (χ1n) is 9.58. The number of hydrogen-bond donors (Lipinski definition) is 0. The molecular formula is C21H26ClF3O. The summed E-state index contributed by atoms with van der Waals surface area (Å²) in [6.07, 6.45) is 11.5. The third-order valence-electron chi connectivity index (χ3n) is 6.24. The first-order valence-corrected chi connectivity index (χ1v) is 10.0. The SMILES string of the molecule is Fc1cc(C2CCC([C@H]3CC[C@H](/C=C/Cl)CC3)CC2)ccc1OC(F)F. The van der Waals surface area contributed by atoms with Gasteiger partial charge in [-0.15, -0.1) is 0 Å². The van der Waals surface area contributed by atoms with Crippen LogP contribution in [0.4, 0.5) is 13.2 Å². The van der Waals surface area contributed by atoms with Gasteiger partial charge < -0.3 is 4.74 Å². The van der Waals surface area contributed by atoms with Gasteiger partial charge >= 0.3 is 6.61 Å². The lowest BCUT2D eigenvalue weighted by molar-refractivity contribution is -0.0522. The predicted molar refractivity (Wildman–Crippen MR) is 98.2 cm³/mol. The molecular weight excluding hydrogens is 361 g/mol. The minimum atomic E-state index is -3.00. The van der Waals surface area contributed by atoms with Gasteiger partial charge in [0.2, 0.25) is 0 Å². The van der Waals surface area contributed by atoms with Crippen LogP contribution in [0, 0.1) is 23.6 Å². The minimum absolute atomic E-state index is 0.317. The van der Waals surface area contributed by atoms with Gasteiger partial charge in [-0.25, -0.2) is 4.39 Å².